The Morgan fingerprint density at radius 2 is 1.90 bits per heavy atom. The van der Waals surface area contributed by atoms with Crippen LogP contribution in [-0.4, -0.2) is 40.7 Å². The van der Waals surface area contributed by atoms with Crippen LogP contribution < -0.4 is 15.8 Å². The molecule has 8 nitrogen and oxygen atoms in total. The number of aromatic amines is 1. The zero-order valence-corrected chi connectivity index (χ0v) is 17.3. The van der Waals surface area contributed by atoms with Gasteiger partial charge in [-0.05, 0) is 54.7 Å². The minimum Gasteiger partial charge on any atom is -0.378 e. The standard InChI is InChI=1S/C19H19ClN6O2S/c1-25(2)15-5-3-4-13(10-15)18(28)23-21-16(27)11-26-17(22-24-19(26)29)12-6-8-14(20)9-7-12/h3-10H,11H2,1-2H3,(H,21,27)(H,23,28)(H,24,29). The summed E-state index contributed by atoms with van der Waals surface area (Å²) in [4.78, 5) is 26.5. The van der Waals surface area contributed by atoms with E-state index in [0.29, 0.717) is 16.4 Å². The summed E-state index contributed by atoms with van der Waals surface area (Å²) in [5.41, 5.74) is 6.87. The third-order valence-corrected chi connectivity index (χ3v) is 4.67. The first kappa shape index (κ1) is 20.6. The summed E-state index contributed by atoms with van der Waals surface area (Å²) in [6.45, 7) is -0.120. The molecule has 3 rings (SSSR count). The highest BCUT2D eigenvalue weighted by Crippen LogP contribution is 2.20. The van der Waals surface area contributed by atoms with E-state index >= 15 is 0 Å². The lowest BCUT2D eigenvalue weighted by Gasteiger charge is -2.14. The molecule has 3 aromatic rings. The molecule has 150 valence electrons. The fourth-order valence-electron chi connectivity index (χ4n) is 2.59. The van der Waals surface area contributed by atoms with Crippen molar-refractivity contribution in [3.63, 3.8) is 0 Å². The van der Waals surface area contributed by atoms with Gasteiger partial charge in [0, 0.05) is 35.9 Å². The van der Waals surface area contributed by atoms with Crippen LogP contribution in [0, 0.1) is 4.77 Å². The van der Waals surface area contributed by atoms with Gasteiger partial charge in [-0.1, -0.05) is 17.7 Å². The van der Waals surface area contributed by atoms with E-state index in [0.717, 1.165) is 11.3 Å². The zero-order chi connectivity index (χ0) is 21.0. The number of halogens is 1. The molecule has 0 aliphatic heterocycles. The molecule has 1 heterocycles. The van der Waals surface area contributed by atoms with Crippen LogP contribution in [-0.2, 0) is 11.3 Å². The number of benzene rings is 2. The number of H-pyrrole nitrogens is 1. The van der Waals surface area contributed by atoms with Crippen molar-refractivity contribution in [2.45, 2.75) is 6.54 Å². The molecule has 2 amide bonds. The smallest absolute Gasteiger partial charge is 0.269 e. The van der Waals surface area contributed by atoms with Crippen molar-refractivity contribution in [3.8, 4) is 11.4 Å². The Morgan fingerprint density at radius 1 is 1.17 bits per heavy atom. The molecule has 0 fully saturated rings. The molecule has 2 aromatic carbocycles. The molecule has 0 radical (unpaired) electrons. The largest absolute Gasteiger partial charge is 0.378 e. The van der Waals surface area contributed by atoms with E-state index in [2.05, 4.69) is 21.0 Å². The van der Waals surface area contributed by atoms with E-state index in [1.54, 1.807) is 42.5 Å². The zero-order valence-electron chi connectivity index (χ0n) is 15.8. The summed E-state index contributed by atoms with van der Waals surface area (Å²) >= 11 is 11.1. The number of hydrogen-bond donors (Lipinski definition) is 3. The number of nitrogens with one attached hydrogen (secondary N) is 3. The Kier molecular flexibility index (Phi) is 6.30. The molecule has 0 unspecified atom stereocenters. The van der Waals surface area contributed by atoms with Crippen LogP contribution in [0.2, 0.25) is 5.02 Å². The van der Waals surface area contributed by atoms with E-state index < -0.39 is 11.8 Å². The maximum atomic E-state index is 12.3. The number of nitrogens with zero attached hydrogens (tertiary/aromatic N) is 3. The lowest BCUT2D eigenvalue weighted by Crippen LogP contribution is -2.43. The van der Waals surface area contributed by atoms with Gasteiger partial charge in [0.25, 0.3) is 11.8 Å². The average molecular weight is 431 g/mol. The second-order valence-corrected chi connectivity index (χ2v) is 7.22. The molecule has 29 heavy (non-hydrogen) atoms. The quantitative estimate of drug-likeness (QED) is 0.427. The number of anilines is 1. The third kappa shape index (κ3) is 5.01. The summed E-state index contributed by atoms with van der Waals surface area (Å²) in [6.07, 6.45) is 0. The fraction of sp³-hybridized carbons (Fsp3) is 0.158. The van der Waals surface area contributed by atoms with Gasteiger partial charge in [0.2, 0.25) is 0 Å². The van der Waals surface area contributed by atoms with Gasteiger partial charge in [0.15, 0.2) is 10.6 Å². The minimum absolute atomic E-state index is 0.120. The third-order valence-electron chi connectivity index (χ3n) is 4.10. The number of aromatic nitrogens is 3. The number of carbonyl (C=O) groups is 2. The van der Waals surface area contributed by atoms with Gasteiger partial charge < -0.3 is 4.90 Å². The van der Waals surface area contributed by atoms with Crippen molar-refractivity contribution in [2.24, 2.45) is 0 Å². The fourth-order valence-corrected chi connectivity index (χ4v) is 2.91. The Morgan fingerprint density at radius 3 is 2.59 bits per heavy atom. The second-order valence-electron chi connectivity index (χ2n) is 6.39. The van der Waals surface area contributed by atoms with Crippen molar-refractivity contribution in [1.82, 2.24) is 25.6 Å². The Bertz CT molecular complexity index is 1090. The summed E-state index contributed by atoms with van der Waals surface area (Å²) in [7, 11) is 3.76. The first-order valence-corrected chi connectivity index (χ1v) is 9.41. The summed E-state index contributed by atoms with van der Waals surface area (Å²) in [6, 6.07) is 14.1. The predicted octanol–water partition coefficient (Wildman–Crippen LogP) is 2.79. The van der Waals surface area contributed by atoms with Crippen LogP contribution in [0.25, 0.3) is 11.4 Å². The maximum Gasteiger partial charge on any atom is 0.269 e. The van der Waals surface area contributed by atoms with E-state index in [4.69, 9.17) is 23.8 Å². The molecule has 0 aliphatic rings. The van der Waals surface area contributed by atoms with Gasteiger partial charge in [-0.2, -0.15) is 5.10 Å². The van der Waals surface area contributed by atoms with Crippen LogP contribution in [0.5, 0.6) is 0 Å². The van der Waals surface area contributed by atoms with Crippen molar-refractivity contribution in [1.29, 1.82) is 0 Å². The van der Waals surface area contributed by atoms with E-state index in [-0.39, 0.29) is 11.3 Å². The van der Waals surface area contributed by atoms with Crippen molar-refractivity contribution in [3.05, 3.63) is 63.9 Å². The Balaban J connectivity index is 1.67. The van der Waals surface area contributed by atoms with Gasteiger partial charge in [0.05, 0.1) is 0 Å². The highest BCUT2D eigenvalue weighted by Gasteiger charge is 2.14. The van der Waals surface area contributed by atoms with Crippen LogP contribution in [0.1, 0.15) is 10.4 Å². The van der Waals surface area contributed by atoms with Crippen LogP contribution in [0.15, 0.2) is 48.5 Å². The number of carbonyl (C=O) groups excluding carboxylic acids is 2. The molecule has 10 heteroatoms. The number of hydrazine groups is 1. The first-order valence-electron chi connectivity index (χ1n) is 8.63. The normalized spacial score (nSPS) is 10.4. The molecule has 3 N–H and O–H groups in total. The van der Waals surface area contributed by atoms with Crippen molar-refractivity contribution < 1.29 is 9.59 Å². The summed E-state index contributed by atoms with van der Waals surface area (Å²) in [5, 5.41) is 7.43. The lowest BCUT2D eigenvalue weighted by atomic mass is 10.2. The predicted molar refractivity (Wildman–Crippen MR) is 114 cm³/mol. The van der Waals surface area contributed by atoms with Crippen molar-refractivity contribution >= 4 is 41.3 Å². The van der Waals surface area contributed by atoms with Crippen LogP contribution in [0.3, 0.4) is 0 Å². The average Bonchev–Trinajstić information content (AvgIpc) is 3.07. The van der Waals surface area contributed by atoms with Gasteiger partial charge >= 0.3 is 0 Å². The van der Waals surface area contributed by atoms with Crippen LogP contribution >= 0.6 is 23.8 Å². The van der Waals surface area contributed by atoms with Crippen molar-refractivity contribution in [2.75, 3.05) is 19.0 Å². The molecule has 0 atom stereocenters. The number of hydrogen-bond acceptors (Lipinski definition) is 5. The topological polar surface area (TPSA) is 95.1 Å². The molecular weight excluding hydrogens is 412 g/mol. The first-order chi connectivity index (χ1) is 13.8. The van der Waals surface area contributed by atoms with E-state index in [1.165, 1.54) is 4.57 Å². The van der Waals surface area contributed by atoms with E-state index in [1.807, 2.05) is 25.1 Å². The molecule has 0 saturated carbocycles. The molecule has 0 spiro atoms. The SMILES string of the molecule is CN(C)c1cccc(C(=O)NNC(=O)Cn2c(-c3ccc(Cl)cc3)n[nH]c2=S)c1. The van der Waals surface area contributed by atoms with E-state index in [9.17, 15) is 9.59 Å². The highest BCUT2D eigenvalue weighted by molar-refractivity contribution is 7.71. The van der Waals surface area contributed by atoms with Gasteiger partial charge in [-0.15, -0.1) is 0 Å². The highest BCUT2D eigenvalue weighted by atomic mass is 35.5. The van der Waals surface area contributed by atoms with Crippen LogP contribution in [0.4, 0.5) is 5.69 Å². The number of rotatable bonds is 5. The molecule has 0 bridgehead atoms. The van der Waals surface area contributed by atoms with Gasteiger partial charge in [-0.3, -0.25) is 30.1 Å². The number of amides is 2. The monoisotopic (exact) mass is 430 g/mol. The molecule has 0 aliphatic carbocycles. The Hall–Kier alpha value is -3.17. The maximum absolute atomic E-state index is 12.3. The molecular formula is C19H19ClN6O2S. The van der Waals surface area contributed by atoms with Gasteiger partial charge in [-0.25, -0.2) is 0 Å². The lowest BCUT2D eigenvalue weighted by molar-refractivity contribution is -0.122. The summed E-state index contributed by atoms with van der Waals surface area (Å²) in [5.74, 6) is -0.377. The molecule has 0 saturated heterocycles. The minimum atomic E-state index is -0.449. The Labute approximate surface area is 177 Å². The molecule has 1 aromatic heterocycles. The second kappa shape index (κ2) is 8.89. The van der Waals surface area contributed by atoms with Gasteiger partial charge in [0.1, 0.15) is 6.54 Å². The summed E-state index contributed by atoms with van der Waals surface area (Å²) < 4.78 is 1.82.